The highest BCUT2D eigenvalue weighted by molar-refractivity contribution is 5.99. The third kappa shape index (κ3) is 3.95. The van der Waals surface area contributed by atoms with Crippen LogP contribution in [-0.4, -0.2) is 12.5 Å². The van der Waals surface area contributed by atoms with Crippen molar-refractivity contribution in [3.63, 3.8) is 0 Å². The molecule has 0 aliphatic heterocycles. The molecule has 21 heavy (non-hydrogen) atoms. The van der Waals surface area contributed by atoms with Gasteiger partial charge in [-0.3, -0.25) is 4.79 Å². The Morgan fingerprint density at radius 1 is 1.29 bits per heavy atom. The van der Waals surface area contributed by atoms with Gasteiger partial charge < -0.3 is 15.8 Å². The first-order chi connectivity index (χ1) is 10.1. The van der Waals surface area contributed by atoms with Crippen molar-refractivity contribution in [2.24, 2.45) is 0 Å². The van der Waals surface area contributed by atoms with Crippen molar-refractivity contribution in [2.75, 3.05) is 12.3 Å². The van der Waals surface area contributed by atoms with Gasteiger partial charge in [0.1, 0.15) is 11.6 Å². The topological polar surface area (TPSA) is 64.3 Å². The molecular weight excluding hydrogens is 271 g/mol. The highest BCUT2D eigenvalue weighted by Gasteiger charge is 2.10. The second kappa shape index (κ2) is 6.74. The van der Waals surface area contributed by atoms with Crippen LogP contribution in [0, 0.1) is 5.82 Å². The largest absolute Gasteiger partial charge is 0.494 e. The number of rotatable bonds is 5. The van der Waals surface area contributed by atoms with E-state index in [0.29, 0.717) is 13.2 Å². The molecule has 0 aliphatic carbocycles. The Hall–Kier alpha value is -2.56. The Morgan fingerprint density at radius 2 is 2.10 bits per heavy atom. The van der Waals surface area contributed by atoms with Crippen LogP contribution in [0.2, 0.25) is 0 Å². The molecule has 0 heterocycles. The Kier molecular flexibility index (Phi) is 4.77. The van der Waals surface area contributed by atoms with E-state index in [0.717, 1.165) is 17.4 Å². The van der Waals surface area contributed by atoms with Crippen LogP contribution in [0.25, 0.3) is 0 Å². The zero-order chi connectivity index (χ0) is 15.2. The smallest absolute Gasteiger partial charge is 0.253 e. The summed E-state index contributed by atoms with van der Waals surface area (Å²) in [5, 5.41) is 2.71. The molecule has 2 rings (SSSR count). The zero-order valence-electron chi connectivity index (χ0n) is 11.7. The van der Waals surface area contributed by atoms with Crippen molar-refractivity contribution in [3.05, 3.63) is 59.4 Å². The molecule has 1 amide bonds. The van der Waals surface area contributed by atoms with Gasteiger partial charge >= 0.3 is 0 Å². The van der Waals surface area contributed by atoms with E-state index in [1.165, 1.54) is 12.1 Å². The van der Waals surface area contributed by atoms with E-state index in [-0.39, 0.29) is 11.3 Å². The molecule has 2 aromatic carbocycles. The lowest BCUT2D eigenvalue weighted by atomic mass is 10.1. The maximum atomic E-state index is 13.2. The molecule has 0 bridgehead atoms. The minimum atomic E-state index is -0.493. The summed E-state index contributed by atoms with van der Waals surface area (Å²) in [4.78, 5) is 12.0. The summed E-state index contributed by atoms with van der Waals surface area (Å²) in [6.07, 6.45) is 0. The normalized spacial score (nSPS) is 10.2. The fourth-order valence-electron chi connectivity index (χ4n) is 1.91. The number of carbonyl (C=O) groups is 1. The lowest BCUT2D eigenvalue weighted by Gasteiger charge is -2.09. The number of ether oxygens (including phenoxy) is 1. The number of carbonyl (C=O) groups excluding carboxylic acids is 1. The molecule has 0 atom stereocenters. The van der Waals surface area contributed by atoms with Crippen LogP contribution in [0.1, 0.15) is 22.8 Å². The number of nitrogens with two attached hydrogens (primary N) is 1. The fraction of sp³-hybridized carbons (Fsp3) is 0.188. The van der Waals surface area contributed by atoms with Crippen LogP contribution in [0.5, 0.6) is 5.75 Å². The molecule has 0 fully saturated rings. The summed E-state index contributed by atoms with van der Waals surface area (Å²) in [5.41, 5.74) is 6.95. The number of hydrogen-bond donors (Lipinski definition) is 2. The third-order valence-corrected chi connectivity index (χ3v) is 2.92. The number of benzene rings is 2. The van der Waals surface area contributed by atoms with Gasteiger partial charge in [0, 0.05) is 12.2 Å². The van der Waals surface area contributed by atoms with E-state index < -0.39 is 11.7 Å². The SMILES string of the molecule is CCOc1cccc(CNC(=O)c2cc(F)ccc2N)c1. The molecule has 0 aromatic heterocycles. The Balaban J connectivity index is 2.04. The van der Waals surface area contributed by atoms with Gasteiger partial charge in [-0.1, -0.05) is 12.1 Å². The molecule has 0 unspecified atom stereocenters. The molecular formula is C16H17FN2O2. The lowest BCUT2D eigenvalue weighted by molar-refractivity contribution is 0.0951. The van der Waals surface area contributed by atoms with Gasteiger partial charge in [-0.2, -0.15) is 0 Å². The predicted molar refractivity (Wildman–Crippen MR) is 79.6 cm³/mol. The second-order valence-corrected chi connectivity index (χ2v) is 4.49. The van der Waals surface area contributed by atoms with Crippen LogP contribution in [0.4, 0.5) is 10.1 Å². The maximum absolute atomic E-state index is 13.2. The number of anilines is 1. The summed E-state index contributed by atoms with van der Waals surface area (Å²) >= 11 is 0. The average Bonchev–Trinajstić information content (AvgIpc) is 2.48. The summed E-state index contributed by atoms with van der Waals surface area (Å²) in [5.74, 6) is -0.156. The summed E-state index contributed by atoms with van der Waals surface area (Å²) < 4.78 is 18.5. The second-order valence-electron chi connectivity index (χ2n) is 4.49. The van der Waals surface area contributed by atoms with Crippen LogP contribution in [-0.2, 0) is 6.54 Å². The maximum Gasteiger partial charge on any atom is 0.253 e. The molecule has 3 N–H and O–H groups in total. The van der Waals surface area contributed by atoms with Gasteiger partial charge in [0.15, 0.2) is 0 Å². The fourth-order valence-corrected chi connectivity index (χ4v) is 1.91. The van der Waals surface area contributed by atoms with Crippen LogP contribution < -0.4 is 15.8 Å². The molecule has 5 heteroatoms. The third-order valence-electron chi connectivity index (χ3n) is 2.92. The quantitative estimate of drug-likeness (QED) is 0.831. The molecule has 4 nitrogen and oxygen atoms in total. The number of nitrogen functional groups attached to an aromatic ring is 1. The highest BCUT2D eigenvalue weighted by Crippen LogP contribution is 2.15. The molecule has 2 aromatic rings. The average molecular weight is 288 g/mol. The minimum Gasteiger partial charge on any atom is -0.494 e. The zero-order valence-corrected chi connectivity index (χ0v) is 11.7. The van der Waals surface area contributed by atoms with E-state index in [2.05, 4.69) is 5.32 Å². The number of halogens is 1. The van der Waals surface area contributed by atoms with Crippen LogP contribution in [0.3, 0.4) is 0 Å². The first-order valence-electron chi connectivity index (χ1n) is 6.65. The standard InChI is InChI=1S/C16H17FN2O2/c1-2-21-13-5-3-4-11(8-13)10-19-16(20)14-9-12(17)6-7-15(14)18/h3-9H,2,10,18H2,1H3,(H,19,20). The monoisotopic (exact) mass is 288 g/mol. The van der Waals surface area contributed by atoms with Gasteiger partial charge in [-0.15, -0.1) is 0 Å². The van der Waals surface area contributed by atoms with Crippen molar-refractivity contribution in [1.29, 1.82) is 0 Å². The number of nitrogens with one attached hydrogen (secondary N) is 1. The van der Waals surface area contributed by atoms with Gasteiger partial charge in [-0.25, -0.2) is 4.39 Å². The molecule has 0 radical (unpaired) electrons. The lowest BCUT2D eigenvalue weighted by Crippen LogP contribution is -2.24. The number of hydrogen-bond acceptors (Lipinski definition) is 3. The van der Waals surface area contributed by atoms with Gasteiger partial charge in [0.25, 0.3) is 5.91 Å². The van der Waals surface area contributed by atoms with Crippen LogP contribution in [0.15, 0.2) is 42.5 Å². The predicted octanol–water partition coefficient (Wildman–Crippen LogP) is 2.74. The molecule has 110 valence electrons. The van der Waals surface area contributed by atoms with E-state index >= 15 is 0 Å². The summed E-state index contributed by atoms with van der Waals surface area (Å²) in [7, 11) is 0. The van der Waals surface area contributed by atoms with Crippen LogP contribution >= 0.6 is 0 Å². The van der Waals surface area contributed by atoms with Crippen molar-refractivity contribution in [3.8, 4) is 5.75 Å². The first-order valence-corrected chi connectivity index (χ1v) is 6.65. The Morgan fingerprint density at radius 3 is 2.86 bits per heavy atom. The van der Waals surface area contributed by atoms with Crippen molar-refractivity contribution in [1.82, 2.24) is 5.32 Å². The Bertz CT molecular complexity index is 644. The Labute approximate surface area is 122 Å². The minimum absolute atomic E-state index is 0.135. The first kappa shape index (κ1) is 14.8. The van der Waals surface area contributed by atoms with E-state index in [4.69, 9.17) is 10.5 Å². The van der Waals surface area contributed by atoms with E-state index in [1.54, 1.807) is 0 Å². The van der Waals surface area contributed by atoms with Gasteiger partial charge in [0.05, 0.1) is 12.2 Å². The molecule has 0 saturated heterocycles. The van der Waals surface area contributed by atoms with Gasteiger partial charge in [-0.05, 0) is 42.8 Å². The summed E-state index contributed by atoms with van der Waals surface area (Å²) in [6, 6.07) is 11.1. The molecule has 0 saturated carbocycles. The number of amides is 1. The molecule has 0 spiro atoms. The summed E-state index contributed by atoms with van der Waals surface area (Å²) in [6.45, 7) is 2.80. The van der Waals surface area contributed by atoms with E-state index in [9.17, 15) is 9.18 Å². The van der Waals surface area contributed by atoms with Crippen molar-refractivity contribution in [2.45, 2.75) is 13.5 Å². The van der Waals surface area contributed by atoms with E-state index in [1.807, 2.05) is 31.2 Å². The van der Waals surface area contributed by atoms with Gasteiger partial charge in [0.2, 0.25) is 0 Å². The van der Waals surface area contributed by atoms with Crippen molar-refractivity contribution < 1.29 is 13.9 Å². The highest BCUT2D eigenvalue weighted by atomic mass is 19.1. The van der Waals surface area contributed by atoms with Crippen molar-refractivity contribution >= 4 is 11.6 Å². The molecule has 0 aliphatic rings.